The summed E-state index contributed by atoms with van der Waals surface area (Å²) in [6, 6.07) is 11.2. The molecule has 7 nitrogen and oxygen atoms in total. The molecule has 0 radical (unpaired) electrons. The van der Waals surface area contributed by atoms with Crippen LogP contribution in [0.25, 0.3) is 22.0 Å². The lowest BCUT2D eigenvalue weighted by molar-refractivity contribution is -0.131. The first-order chi connectivity index (χ1) is 14.9. The number of nitrogens with one attached hydrogen (secondary N) is 1. The molecule has 3 aromatic rings. The van der Waals surface area contributed by atoms with E-state index in [2.05, 4.69) is 15.3 Å². The average molecular weight is 421 g/mol. The number of fused-ring (bicyclic) bond motifs is 1. The minimum absolute atomic E-state index is 0.280. The van der Waals surface area contributed by atoms with Crippen LogP contribution in [0, 0.1) is 11.3 Å². The van der Waals surface area contributed by atoms with Crippen molar-refractivity contribution in [3.63, 3.8) is 0 Å². The van der Waals surface area contributed by atoms with Crippen LogP contribution in [-0.4, -0.2) is 51.7 Å². The molecule has 2 aromatic heterocycles. The number of hydrogen-bond acceptors (Lipinski definition) is 5. The van der Waals surface area contributed by atoms with Gasteiger partial charge in [0.15, 0.2) is 0 Å². The summed E-state index contributed by atoms with van der Waals surface area (Å²) in [4.78, 5) is 34.4. The predicted octanol–water partition coefficient (Wildman–Crippen LogP) is 2.79. The molecule has 9 heteroatoms. The molecule has 0 unspecified atom stereocenters. The summed E-state index contributed by atoms with van der Waals surface area (Å²) in [6.07, 6.45) is 3.93. The highest BCUT2D eigenvalue weighted by molar-refractivity contribution is 6.05. The molecule has 0 aliphatic carbocycles. The van der Waals surface area contributed by atoms with Gasteiger partial charge in [0.25, 0.3) is 11.8 Å². The maximum absolute atomic E-state index is 13.6. The molecule has 1 saturated heterocycles. The van der Waals surface area contributed by atoms with E-state index >= 15 is 0 Å². The number of hydrogen-bond donors (Lipinski definition) is 1. The second-order valence-corrected chi connectivity index (χ2v) is 7.21. The first kappa shape index (κ1) is 20.3. The van der Waals surface area contributed by atoms with E-state index in [1.807, 2.05) is 24.3 Å². The fourth-order valence-corrected chi connectivity index (χ4v) is 3.68. The van der Waals surface area contributed by atoms with Gasteiger partial charge in [-0.2, -0.15) is 5.26 Å². The van der Waals surface area contributed by atoms with Crippen LogP contribution in [0.2, 0.25) is 0 Å². The second-order valence-electron chi connectivity index (χ2n) is 7.21. The van der Waals surface area contributed by atoms with Gasteiger partial charge in [-0.1, -0.05) is 18.2 Å². The minimum Gasteiger partial charge on any atom is -0.343 e. The standard InChI is InChI=1S/C22H17F2N5O2/c23-22(24)9-14(10-25)29(13-22)20(30)12-28-21(31)17-5-7-26-11-18(17)15-6-8-27-19-4-2-1-3-16(15)19/h1-8,11,14H,9,12-13H2,(H,28,31)/t14-/m0/s1. The van der Waals surface area contributed by atoms with E-state index in [0.717, 1.165) is 21.4 Å². The summed E-state index contributed by atoms with van der Waals surface area (Å²) in [6.45, 7) is -1.32. The first-order valence-corrected chi connectivity index (χ1v) is 9.53. The smallest absolute Gasteiger partial charge is 0.268 e. The van der Waals surface area contributed by atoms with E-state index < -0.39 is 43.3 Å². The highest BCUT2D eigenvalue weighted by Crippen LogP contribution is 2.32. The van der Waals surface area contributed by atoms with Gasteiger partial charge in [-0.05, 0) is 23.8 Å². The van der Waals surface area contributed by atoms with Crippen molar-refractivity contribution in [3.05, 3.63) is 60.6 Å². The summed E-state index contributed by atoms with van der Waals surface area (Å²) in [7, 11) is 0. The van der Waals surface area contributed by atoms with Crippen molar-refractivity contribution in [2.75, 3.05) is 13.1 Å². The number of nitrogens with zero attached hydrogens (tertiary/aromatic N) is 4. The molecule has 0 saturated carbocycles. The molecule has 2 amide bonds. The van der Waals surface area contributed by atoms with Crippen LogP contribution in [0.1, 0.15) is 16.8 Å². The summed E-state index contributed by atoms with van der Waals surface area (Å²) in [5.41, 5.74) is 2.33. The van der Waals surface area contributed by atoms with Gasteiger partial charge >= 0.3 is 0 Å². The van der Waals surface area contributed by atoms with Gasteiger partial charge in [-0.25, -0.2) is 8.78 Å². The number of carbonyl (C=O) groups excluding carboxylic acids is 2. The van der Waals surface area contributed by atoms with Crippen molar-refractivity contribution < 1.29 is 18.4 Å². The number of halogens is 2. The summed E-state index contributed by atoms with van der Waals surface area (Å²) >= 11 is 0. The number of para-hydroxylation sites is 1. The number of benzene rings is 1. The van der Waals surface area contributed by atoms with E-state index in [9.17, 15) is 18.4 Å². The zero-order chi connectivity index (χ0) is 22.0. The molecule has 1 atom stereocenters. The molecule has 0 spiro atoms. The van der Waals surface area contributed by atoms with Crippen LogP contribution >= 0.6 is 0 Å². The number of likely N-dealkylation sites (tertiary alicyclic amines) is 1. The molecule has 156 valence electrons. The third-order valence-corrected chi connectivity index (χ3v) is 5.14. The summed E-state index contributed by atoms with van der Waals surface area (Å²) in [5, 5.41) is 12.4. The van der Waals surface area contributed by atoms with Crippen LogP contribution in [0.3, 0.4) is 0 Å². The van der Waals surface area contributed by atoms with Crippen LogP contribution in [0.4, 0.5) is 8.78 Å². The van der Waals surface area contributed by atoms with Crippen molar-refractivity contribution in [3.8, 4) is 17.2 Å². The van der Waals surface area contributed by atoms with E-state index in [1.165, 1.54) is 12.3 Å². The quantitative estimate of drug-likeness (QED) is 0.699. The van der Waals surface area contributed by atoms with Crippen molar-refractivity contribution in [1.29, 1.82) is 5.26 Å². The monoisotopic (exact) mass is 421 g/mol. The minimum atomic E-state index is -3.11. The molecule has 1 aliphatic rings. The summed E-state index contributed by atoms with van der Waals surface area (Å²) in [5.74, 6) is -4.39. The number of aromatic nitrogens is 2. The number of nitriles is 1. The van der Waals surface area contributed by atoms with Crippen molar-refractivity contribution >= 4 is 22.7 Å². The average Bonchev–Trinajstić information content (AvgIpc) is 3.11. The van der Waals surface area contributed by atoms with Gasteiger partial charge in [0.2, 0.25) is 5.91 Å². The van der Waals surface area contributed by atoms with Crippen LogP contribution in [-0.2, 0) is 4.79 Å². The molecular weight excluding hydrogens is 404 g/mol. The largest absolute Gasteiger partial charge is 0.343 e. The van der Waals surface area contributed by atoms with Crippen molar-refractivity contribution in [2.45, 2.75) is 18.4 Å². The Kier molecular flexibility index (Phi) is 5.29. The fraction of sp³-hybridized carbons (Fsp3) is 0.227. The number of carbonyl (C=O) groups is 2. The van der Waals surface area contributed by atoms with Gasteiger partial charge in [-0.15, -0.1) is 0 Å². The number of rotatable bonds is 4. The second kappa shape index (κ2) is 8.07. The molecule has 1 aliphatic heterocycles. The first-order valence-electron chi connectivity index (χ1n) is 9.53. The van der Waals surface area contributed by atoms with Crippen LogP contribution in [0.15, 0.2) is 55.0 Å². The SMILES string of the molecule is N#C[C@@H]1CC(F)(F)CN1C(=O)CNC(=O)c1ccncc1-c1ccnc2ccccc12. The zero-order valence-corrected chi connectivity index (χ0v) is 16.3. The predicted molar refractivity (Wildman–Crippen MR) is 108 cm³/mol. The van der Waals surface area contributed by atoms with Gasteiger partial charge < -0.3 is 10.2 Å². The van der Waals surface area contributed by atoms with Crippen molar-refractivity contribution in [1.82, 2.24) is 20.2 Å². The Bertz CT molecular complexity index is 1200. The maximum Gasteiger partial charge on any atom is 0.268 e. The van der Waals surface area contributed by atoms with Crippen molar-refractivity contribution in [2.24, 2.45) is 0 Å². The van der Waals surface area contributed by atoms with Gasteiger partial charge in [0.1, 0.15) is 6.04 Å². The lowest BCUT2D eigenvalue weighted by Crippen LogP contribution is -2.43. The van der Waals surface area contributed by atoms with E-state index in [1.54, 1.807) is 24.5 Å². The van der Waals surface area contributed by atoms with E-state index in [0.29, 0.717) is 5.56 Å². The number of amides is 2. The molecular formula is C22H17F2N5O2. The van der Waals surface area contributed by atoms with Gasteiger partial charge in [0.05, 0.1) is 30.2 Å². The molecule has 4 rings (SSSR count). The lowest BCUT2D eigenvalue weighted by atomic mass is 9.98. The van der Waals surface area contributed by atoms with Gasteiger partial charge in [-0.3, -0.25) is 19.6 Å². The Hall–Kier alpha value is -3.93. The lowest BCUT2D eigenvalue weighted by Gasteiger charge is -2.19. The fourth-order valence-electron chi connectivity index (χ4n) is 3.68. The molecule has 1 fully saturated rings. The number of alkyl halides is 2. The highest BCUT2D eigenvalue weighted by atomic mass is 19.3. The normalized spacial score (nSPS) is 17.3. The number of pyridine rings is 2. The van der Waals surface area contributed by atoms with E-state index in [-0.39, 0.29) is 5.56 Å². The van der Waals surface area contributed by atoms with Crippen LogP contribution < -0.4 is 5.32 Å². The van der Waals surface area contributed by atoms with Gasteiger partial charge in [0, 0.05) is 36.0 Å². The zero-order valence-electron chi connectivity index (χ0n) is 16.3. The molecule has 31 heavy (non-hydrogen) atoms. The summed E-state index contributed by atoms with van der Waals surface area (Å²) < 4.78 is 27.2. The Morgan fingerprint density at radius 1 is 1.19 bits per heavy atom. The Morgan fingerprint density at radius 3 is 2.81 bits per heavy atom. The third kappa shape index (κ3) is 4.05. The topological polar surface area (TPSA) is 99.0 Å². The highest BCUT2D eigenvalue weighted by Gasteiger charge is 2.47. The Labute approximate surface area is 176 Å². The molecule has 0 bridgehead atoms. The molecule has 3 heterocycles. The third-order valence-electron chi connectivity index (χ3n) is 5.14. The Balaban J connectivity index is 1.56. The van der Waals surface area contributed by atoms with E-state index in [4.69, 9.17) is 5.26 Å². The van der Waals surface area contributed by atoms with Crippen LogP contribution in [0.5, 0.6) is 0 Å². The maximum atomic E-state index is 13.6. The molecule has 1 N–H and O–H groups in total. The molecule has 1 aromatic carbocycles. The Morgan fingerprint density at radius 2 is 2.00 bits per heavy atom.